The topological polar surface area (TPSA) is 46.8 Å². The van der Waals surface area contributed by atoms with Crippen molar-refractivity contribution in [2.45, 2.75) is 6.92 Å². The predicted molar refractivity (Wildman–Crippen MR) is 83.5 cm³/mol. The molecule has 0 bridgehead atoms. The summed E-state index contributed by atoms with van der Waals surface area (Å²) < 4.78 is 7.47. The molecule has 0 saturated heterocycles. The van der Waals surface area contributed by atoms with Crippen molar-refractivity contribution >= 4 is 17.2 Å². The lowest BCUT2D eigenvalue weighted by Crippen LogP contribution is -2.38. The summed E-state index contributed by atoms with van der Waals surface area (Å²) in [5.74, 6) is 0.695. The van der Waals surface area contributed by atoms with Gasteiger partial charge in [-0.1, -0.05) is 18.2 Å². The predicted octanol–water partition coefficient (Wildman–Crippen LogP) is 2.68. The van der Waals surface area contributed by atoms with Crippen molar-refractivity contribution in [3.8, 4) is 5.75 Å². The maximum absolute atomic E-state index is 13.1. The van der Waals surface area contributed by atoms with Gasteiger partial charge in [0, 0.05) is 6.20 Å². The van der Waals surface area contributed by atoms with Gasteiger partial charge in [-0.3, -0.25) is 9.20 Å². The molecule has 5 heteroatoms. The lowest BCUT2D eigenvalue weighted by Gasteiger charge is -2.29. The zero-order valence-corrected chi connectivity index (χ0v) is 12.2. The summed E-state index contributed by atoms with van der Waals surface area (Å²) in [6.07, 6.45) is 1.87. The van der Waals surface area contributed by atoms with E-state index < -0.39 is 0 Å². The number of benzene rings is 1. The standard InChI is InChI=1S/C17H15N3O2/c1-12-16(20-9-5-4-8-15(20)18-12)17(21)19-10-11-22-14-7-3-2-6-13(14)19/h2-9H,10-11H2,1H3. The molecule has 1 aliphatic rings. The van der Waals surface area contributed by atoms with Gasteiger partial charge in [0.25, 0.3) is 5.91 Å². The summed E-state index contributed by atoms with van der Waals surface area (Å²) in [6.45, 7) is 2.90. The summed E-state index contributed by atoms with van der Waals surface area (Å²) >= 11 is 0. The number of anilines is 1. The van der Waals surface area contributed by atoms with E-state index in [0.29, 0.717) is 18.8 Å². The summed E-state index contributed by atoms with van der Waals surface area (Å²) in [6, 6.07) is 13.3. The molecule has 0 unspecified atom stereocenters. The van der Waals surface area contributed by atoms with Crippen LogP contribution in [0.2, 0.25) is 0 Å². The smallest absolute Gasteiger partial charge is 0.277 e. The minimum atomic E-state index is -0.0491. The van der Waals surface area contributed by atoms with Gasteiger partial charge in [-0.05, 0) is 31.2 Å². The number of imidazole rings is 1. The Morgan fingerprint density at radius 2 is 2.00 bits per heavy atom. The first-order valence-electron chi connectivity index (χ1n) is 7.23. The summed E-state index contributed by atoms with van der Waals surface area (Å²) in [7, 11) is 0. The quantitative estimate of drug-likeness (QED) is 0.693. The number of nitrogens with zero attached hydrogens (tertiary/aromatic N) is 3. The second-order valence-corrected chi connectivity index (χ2v) is 5.25. The first kappa shape index (κ1) is 12.9. The number of carbonyl (C=O) groups is 1. The third-order valence-corrected chi connectivity index (χ3v) is 3.88. The maximum atomic E-state index is 13.1. The van der Waals surface area contributed by atoms with Crippen LogP contribution in [0.3, 0.4) is 0 Å². The van der Waals surface area contributed by atoms with Crippen LogP contribution < -0.4 is 9.64 Å². The second-order valence-electron chi connectivity index (χ2n) is 5.25. The van der Waals surface area contributed by atoms with E-state index in [-0.39, 0.29) is 5.91 Å². The van der Waals surface area contributed by atoms with Crippen LogP contribution in [-0.4, -0.2) is 28.4 Å². The summed E-state index contributed by atoms with van der Waals surface area (Å²) in [4.78, 5) is 19.3. The molecule has 0 aliphatic carbocycles. The number of hydrogen-bond acceptors (Lipinski definition) is 3. The Kier molecular flexibility index (Phi) is 2.85. The molecule has 3 heterocycles. The van der Waals surface area contributed by atoms with Gasteiger partial charge in [0.1, 0.15) is 23.7 Å². The fourth-order valence-electron chi connectivity index (χ4n) is 2.88. The number of carbonyl (C=O) groups excluding carboxylic acids is 1. The van der Waals surface area contributed by atoms with Crippen molar-refractivity contribution in [2.75, 3.05) is 18.1 Å². The zero-order chi connectivity index (χ0) is 15.1. The van der Waals surface area contributed by atoms with Crippen molar-refractivity contribution in [2.24, 2.45) is 0 Å². The van der Waals surface area contributed by atoms with Gasteiger partial charge < -0.3 is 9.64 Å². The number of para-hydroxylation sites is 2. The van der Waals surface area contributed by atoms with Gasteiger partial charge in [0.2, 0.25) is 0 Å². The third-order valence-electron chi connectivity index (χ3n) is 3.88. The first-order valence-corrected chi connectivity index (χ1v) is 7.23. The van der Waals surface area contributed by atoms with E-state index in [4.69, 9.17) is 4.74 Å². The van der Waals surface area contributed by atoms with E-state index in [1.165, 1.54) is 0 Å². The van der Waals surface area contributed by atoms with Gasteiger partial charge in [-0.15, -0.1) is 0 Å². The van der Waals surface area contributed by atoms with Crippen LogP contribution in [0.25, 0.3) is 5.65 Å². The van der Waals surface area contributed by atoms with Crippen LogP contribution in [0.5, 0.6) is 5.75 Å². The molecule has 110 valence electrons. The number of ether oxygens (including phenoxy) is 1. The Labute approximate surface area is 127 Å². The Morgan fingerprint density at radius 3 is 2.91 bits per heavy atom. The maximum Gasteiger partial charge on any atom is 0.277 e. The summed E-state index contributed by atoms with van der Waals surface area (Å²) in [5.41, 5.74) is 2.93. The number of fused-ring (bicyclic) bond motifs is 2. The SMILES string of the molecule is Cc1nc2ccccn2c1C(=O)N1CCOc2ccccc21. The van der Waals surface area contributed by atoms with Crippen LogP contribution >= 0.6 is 0 Å². The van der Waals surface area contributed by atoms with Gasteiger partial charge >= 0.3 is 0 Å². The second kappa shape index (κ2) is 4.87. The lowest BCUT2D eigenvalue weighted by molar-refractivity contribution is 0.0970. The Hall–Kier alpha value is -2.82. The number of aromatic nitrogens is 2. The molecule has 0 atom stereocenters. The molecule has 1 aliphatic heterocycles. The molecule has 0 fully saturated rings. The van der Waals surface area contributed by atoms with Crippen LogP contribution in [0.4, 0.5) is 5.69 Å². The number of aryl methyl sites for hydroxylation is 1. The molecule has 0 N–H and O–H groups in total. The minimum Gasteiger partial charge on any atom is -0.490 e. The Bertz CT molecular complexity index is 869. The highest BCUT2D eigenvalue weighted by Gasteiger charge is 2.27. The molecule has 22 heavy (non-hydrogen) atoms. The Balaban J connectivity index is 1.84. The van der Waals surface area contributed by atoms with E-state index in [1.54, 1.807) is 4.90 Å². The monoisotopic (exact) mass is 293 g/mol. The molecule has 0 spiro atoms. The lowest BCUT2D eigenvalue weighted by atomic mass is 10.2. The van der Waals surface area contributed by atoms with E-state index in [9.17, 15) is 4.79 Å². The van der Waals surface area contributed by atoms with Gasteiger partial charge in [-0.25, -0.2) is 4.98 Å². The number of hydrogen-bond donors (Lipinski definition) is 0. The molecular weight excluding hydrogens is 278 g/mol. The van der Waals surface area contributed by atoms with Crippen LogP contribution in [0.1, 0.15) is 16.2 Å². The average molecular weight is 293 g/mol. The fourth-order valence-corrected chi connectivity index (χ4v) is 2.88. The van der Waals surface area contributed by atoms with Crippen LogP contribution in [0.15, 0.2) is 48.7 Å². The normalized spacial score (nSPS) is 13.8. The fraction of sp³-hybridized carbons (Fsp3) is 0.176. The van der Waals surface area contributed by atoms with Crippen molar-refractivity contribution in [3.05, 3.63) is 60.0 Å². The molecule has 0 saturated carbocycles. The highest BCUT2D eigenvalue weighted by molar-refractivity contribution is 6.07. The molecule has 1 aromatic carbocycles. The largest absolute Gasteiger partial charge is 0.490 e. The van der Waals surface area contributed by atoms with Crippen LogP contribution in [-0.2, 0) is 0 Å². The molecule has 4 rings (SSSR count). The molecule has 1 amide bonds. The zero-order valence-electron chi connectivity index (χ0n) is 12.2. The van der Waals surface area contributed by atoms with Crippen LogP contribution in [0, 0.1) is 6.92 Å². The number of amides is 1. The van der Waals surface area contributed by atoms with E-state index >= 15 is 0 Å². The highest BCUT2D eigenvalue weighted by atomic mass is 16.5. The molecule has 3 aromatic rings. The van der Waals surface area contributed by atoms with Crippen molar-refractivity contribution in [3.63, 3.8) is 0 Å². The van der Waals surface area contributed by atoms with E-state index in [2.05, 4.69) is 4.98 Å². The highest BCUT2D eigenvalue weighted by Crippen LogP contribution is 2.32. The summed E-state index contributed by atoms with van der Waals surface area (Å²) in [5, 5.41) is 0. The van der Waals surface area contributed by atoms with Gasteiger partial charge in [0.15, 0.2) is 0 Å². The van der Waals surface area contributed by atoms with Crippen molar-refractivity contribution in [1.82, 2.24) is 9.38 Å². The van der Waals surface area contributed by atoms with Gasteiger partial charge in [-0.2, -0.15) is 0 Å². The average Bonchev–Trinajstić information content (AvgIpc) is 2.89. The van der Waals surface area contributed by atoms with Crippen molar-refractivity contribution < 1.29 is 9.53 Å². The molecule has 5 nitrogen and oxygen atoms in total. The van der Waals surface area contributed by atoms with E-state index in [0.717, 1.165) is 22.8 Å². The van der Waals surface area contributed by atoms with Crippen molar-refractivity contribution in [1.29, 1.82) is 0 Å². The minimum absolute atomic E-state index is 0.0491. The number of pyridine rings is 1. The van der Waals surface area contributed by atoms with E-state index in [1.807, 2.05) is 60.0 Å². The third kappa shape index (κ3) is 1.86. The molecular formula is C17H15N3O2. The Morgan fingerprint density at radius 1 is 1.18 bits per heavy atom. The molecule has 0 radical (unpaired) electrons. The van der Waals surface area contributed by atoms with Gasteiger partial charge in [0.05, 0.1) is 17.9 Å². The number of rotatable bonds is 1. The first-order chi connectivity index (χ1) is 10.8. The molecule has 2 aromatic heterocycles.